The molecule has 0 bridgehead atoms. The van der Waals surface area contributed by atoms with Crippen LogP contribution in [0.15, 0.2) is 48.8 Å². The van der Waals surface area contributed by atoms with Crippen LogP contribution in [0.2, 0.25) is 0 Å². The van der Waals surface area contributed by atoms with Gasteiger partial charge in [0.05, 0.1) is 5.69 Å². The predicted octanol–water partition coefficient (Wildman–Crippen LogP) is 2.33. The van der Waals surface area contributed by atoms with E-state index in [-0.39, 0.29) is 0 Å². The molecule has 0 aliphatic heterocycles. The van der Waals surface area contributed by atoms with Crippen LogP contribution in [-0.4, -0.2) is 14.6 Å². The Morgan fingerprint density at radius 2 is 2.00 bits per heavy atom. The molecule has 3 heteroatoms. The van der Waals surface area contributed by atoms with E-state index < -0.39 is 0 Å². The van der Waals surface area contributed by atoms with Crippen molar-refractivity contribution in [3.8, 4) is 11.3 Å². The number of nitrogens with zero attached hydrogens (tertiary/aromatic N) is 2. The highest BCUT2D eigenvalue weighted by atomic mass is 15.3. The molecule has 3 nitrogen and oxygen atoms in total. The Balaban J connectivity index is 2.19. The van der Waals surface area contributed by atoms with Crippen LogP contribution in [0.3, 0.4) is 0 Å². The van der Waals surface area contributed by atoms with Crippen molar-refractivity contribution in [1.29, 1.82) is 0 Å². The molecule has 2 aromatic heterocycles. The molecule has 1 aromatic carbocycles. The van der Waals surface area contributed by atoms with Crippen molar-refractivity contribution in [2.75, 3.05) is 0 Å². The van der Waals surface area contributed by atoms with Gasteiger partial charge in [-0.1, -0.05) is 30.3 Å². The van der Waals surface area contributed by atoms with E-state index in [9.17, 15) is 0 Å². The quantitative estimate of drug-likeness (QED) is 0.617. The van der Waals surface area contributed by atoms with Gasteiger partial charge in [-0.3, -0.25) is 5.10 Å². The van der Waals surface area contributed by atoms with Crippen LogP contribution in [0.25, 0.3) is 16.9 Å². The predicted molar refractivity (Wildman–Crippen MR) is 55.0 cm³/mol. The Morgan fingerprint density at radius 1 is 1.14 bits per heavy atom. The Morgan fingerprint density at radius 3 is 2.79 bits per heavy atom. The standard InChI is InChI=1S/C11H9N3/c1-2-4-9(5-3-1)10-8-11-12-6-7-14(11)13-10/h1-8,13H. The van der Waals surface area contributed by atoms with Crippen molar-refractivity contribution >= 4 is 5.65 Å². The van der Waals surface area contributed by atoms with Crippen LogP contribution < -0.4 is 0 Å². The van der Waals surface area contributed by atoms with E-state index in [1.807, 2.05) is 35.0 Å². The first-order valence-corrected chi connectivity index (χ1v) is 4.51. The van der Waals surface area contributed by atoms with Gasteiger partial charge in [-0.2, -0.15) is 0 Å². The molecular weight excluding hydrogens is 174 g/mol. The van der Waals surface area contributed by atoms with Crippen molar-refractivity contribution in [3.63, 3.8) is 0 Å². The van der Waals surface area contributed by atoms with E-state index in [2.05, 4.69) is 22.2 Å². The molecule has 14 heavy (non-hydrogen) atoms. The second-order valence-electron chi connectivity index (χ2n) is 3.19. The molecule has 0 unspecified atom stereocenters. The van der Waals surface area contributed by atoms with E-state index >= 15 is 0 Å². The molecule has 0 saturated carbocycles. The third-order valence-corrected chi connectivity index (χ3v) is 2.27. The van der Waals surface area contributed by atoms with Crippen LogP contribution in [0, 0.1) is 0 Å². The Hall–Kier alpha value is -2.03. The highest BCUT2D eigenvalue weighted by Gasteiger charge is 2.01. The number of benzene rings is 1. The molecule has 3 aromatic rings. The summed E-state index contributed by atoms with van der Waals surface area (Å²) in [6, 6.07) is 12.3. The SMILES string of the molecule is c1ccc(-c2cc3nccn3[nH]2)cc1. The van der Waals surface area contributed by atoms with Crippen molar-refractivity contribution in [2.24, 2.45) is 0 Å². The molecule has 0 saturated heterocycles. The van der Waals surface area contributed by atoms with Crippen LogP contribution >= 0.6 is 0 Å². The maximum atomic E-state index is 4.20. The average molecular weight is 183 g/mol. The summed E-state index contributed by atoms with van der Waals surface area (Å²) in [6.07, 6.45) is 3.68. The number of hydrogen-bond acceptors (Lipinski definition) is 1. The number of fused-ring (bicyclic) bond motifs is 1. The third kappa shape index (κ3) is 1.03. The minimum atomic E-state index is 0.948. The lowest BCUT2D eigenvalue weighted by molar-refractivity contribution is 0.978. The lowest BCUT2D eigenvalue weighted by atomic mass is 10.2. The normalized spacial score (nSPS) is 10.9. The lowest BCUT2D eigenvalue weighted by Gasteiger charge is -1.94. The van der Waals surface area contributed by atoms with Crippen molar-refractivity contribution in [1.82, 2.24) is 14.6 Å². The number of H-pyrrole nitrogens is 1. The second-order valence-corrected chi connectivity index (χ2v) is 3.19. The summed E-state index contributed by atoms with van der Waals surface area (Å²) >= 11 is 0. The van der Waals surface area contributed by atoms with Crippen molar-refractivity contribution in [3.05, 3.63) is 48.8 Å². The molecule has 0 atom stereocenters. The Bertz CT molecular complexity index is 519. The number of nitrogens with one attached hydrogen (secondary N) is 1. The summed E-state index contributed by atoms with van der Waals surface area (Å²) in [5.74, 6) is 0. The number of imidazole rings is 1. The fraction of sp³-hybridized carbons (Fsp3) is 0. The van der Waals surface area contributed by atoms with Crippen LogP contribution in [0.4, 0.5) is 0 Å². The molecule has 0 aliphatic rings. The molecular formula is C11H9N3. The Labute approximate surface area is 81.0 Å². The van der Waals surface area contributed by atoms with Crippen LogP contribution in [0.5, 0.6) is 0 Å². The monoisotopic (exact) mass is 183 g/mol. The van der Waals surface area contributed by atoms with Gasteiger partial charge in [-0.25, -0.2) is 9.50 Å². The van der Waals surface area contributed by atoms with Gasteiger partial charge in [0.1, 0.15) is 0 Å². The van der Waals surface area contributed by atoms with Crippen molar-refractivity contribution < 1.29 is 0 Å². The molecule has 1 N–H and O–H groups in total. The molecule has 2 heterocycles. The molecule has 0 spiro atoms. The number of aromatic nitrogens is 3. The zero-order valence-electron chi connectivity index (χ0n) is 7.51. The van der Waals surface area contributed by atoms with E-state index in [4.69, 9.17) is 0 Å². The van der Waals surface area contributed by atoms with E-state index in [1.54, 1.807) is 6.20 Å². The lowest BCUT2D eigenvalue weighted by Crippen LogP contribution is -1.81. The van der Waals surface area contributed by atoms with E-state index in [0.29, 0.717) is 0 Å². The first kappa shape index (κ1) is 7.38. The van der Waals surface area contributed by atoms with Gasteiger partial charge < -0.3 is 0 Å². The van der Waals surface area contributed by atoms with Gasteiger partial charge in [0.25, 0.3) is 0 Å². The second kappa shape index (κ2) is 2.73. The number of aromatic amines is 1. The molecule has 0 radical (unpaired) electrons. The van der Waals surface area contributed by atoms with Gasteiger partial charge in [0, 0.05) is 18.5 Å². The van der Waals surface area contributed by atoms with E-state index in [0.717, 1.165) is 11.3 Å². The van der Waals surface area contributed by atoms with Gasteiger partial charge in [0.15, 0.2) is 5.65 Å². The molecule has 0 fully saturated rings. The molecule has 68 valence electrons. The zero-order chi connectivity index (χ0) is 9.38. The fourth-order valence-electron chi connectivity index (χ4n) is 1.57. The van der Waals surface area contributed by atoms with Crippen LogP contribution in [0.1, 0.15) is 0 Å². The first-order valence-electron chi connectivity index (χ1n) is 4.51. The summed E-state index contributed by atoms with van der Waals surface area (Å²) in [7, 11) is 0. The third-order valence-electron chi connectivity index (χ3n) is 2.27. The topological polar surface area (TPSA) is 33.1 Å². The molecule has 3 rings (SSSR count). The summed E-state index contributed by atoms with van der Waals surface area (Å²) < 4.78 is 1.91. The molecule has 0 aliphatic carbocycles. The average Bonchev–Trinajstić information content (AvgIpc) is 2.78. The maximum Gasteiger partial charge on any atom is 0.153 e. The van der Waals surface area contributed by atoms with E-state index in [1.165, 1.54) is 5.56 Å². The maximum absolute atomic E-state index is 4.20. The van der Waals surface area contributed by atoms with Gasteiger partial charge in [0.2, 0.25) is 0 Å². The fourth-order valence-corrected chi connectivity index (χ4v) is 1.57. The smallest absolute Gasteiger partial charge is 0.153 e. The first-order chi connectivity index (χ1) is 6.93. The summed E-state index contributed by atoms with van der Waals surface area (Å²) in [5, 5.41) is 3.25. The summed E-state index contributed by atoms with van der Waals surface area (Å²) in [5.41, 5.74) is 3.22. The van der Waals surface area contributed by atoms with Crippen LogP contribution in [-0.2, 0) is 0 Å². The number of hydrogen-bond donors (Lipinski definition) is 1. The zero-order valence-corrected chi connectivity index (χ0v) is 7.51. The van der Waals surface area contributed by atoms with Crippen molar-refractivity contribution in [2.45, 2.75) is 0 Å². The summed E-state index contributed by atoms with van der Waals surface area (Å²) in [6.45, 7) is 0. The minimum Gasteiger partial charge on any atom is -0.292 e. The highest BCUT2D eigenvalue weighted by Crippen LogP contribution is 2.17. The van der Waals surface area contributed by atoms with Gasteiger partial charge in [-0.15, -0.1) is 0 Å². The van der Waals surface area contributed by atoms with Gasteiger partial charge in [-0.05, 0) is 5.56 Å². The number of rotatable bonds is 1. The van der Waals surface area contributed by atoms with Gasteiger partial charge >= 0.3 is 0 Å². The largest absolute Gasteiger partial charge is 0.292 e. The highest BCUT2D eigenvalue weighted by molar-refractivity contribution is 5.63. The summed E-state index contributed by atoms with van der Waals surface area (Å²) in [4.78, 5) is 4.20. The Kier molecular flexibility index (Phi) is 1.44. The minimum absolute atomic E-state index is 0.948. The molecule has 0 amide bonds.